The Morgan fingerprint density at radius 3 is 2.47 bits per heavy atom. The molecule has 1 amide bonds. The molecule has 9 heteroatoms. The van der Waals surface area contributed by atoms with Crippen LogP contribution in [0.3, 0.4) is 0 Å². The van der Waals surface area contributed by atoms with Gasteiger partial charge in [0.05, 0.1) is 26.4 Å². The summed E-state index contributed by atoms with van der Waals surface area (Å²) in [6.07, 6.45) is 1.43. The summed E-state index contributed by atoms with van der Waals surface area (Å²) >= 11 is 0. The molecule has 1 N–H and O–H groups in total. The van der Waals surface area contributed by atoms with Crippen molar-refractivity contribution < 1.29 is 19.0 Å². The third-order valence-corrected chi connectivity index (χ3v) is 6.12. The standard InChI is InChI=1S/C25H29N5O4/c31-25(22-17-24(27-18-26-22)30-10-14-33-15-11-30)28-21-5-6-23(20-4-2-1-3-19(20)21)34-16-9-29-7-12-32-13-8-29/h1-6,17-18H,7-16H2,(H,28,31). The van der Waals surface area contributed by atoms with Crippen molar-refractivity contribution in [2.24, 2.45) is 0 Å². The van der Waals surface area contributed by atoms with Crippen molar-refractivity contribution in [2.45, 2.75) is 0 Å². The highest BCUT2D eigenvalue weighted by Gasteiger charge is 2.17. The van der Waals surface area contributed by atoms with Gasteiger partial charge >= 0.3 is 0 Å². The van der Waals surface area contributed by atoms with Crippen LogP contribution in [0.4, 0.5) is 11.5 Å². The van der Waals surface area contributed by atoms with Crippen molar-refractivity contribution in [3.8, 4) is 5.75 Å². The minimum Gasteiger partial charge on any atom is -0.492 e. The molecule has 34 heavy (non-hydrogen) atoms. The maximum absolute atomic E-state index is 13.0. The highest BCUT2D eigenvalue weighted by molar-refractivity contribution is 6.09. The van der Waals surface area contributed by atoms with Crippen LogP contribution in [0.1, 0.15) is 10.5 Å². The lowest BCUT2D eigenvalue weighted by atomic mass is 10.1. The average Bonchev–Trinajstić information content (AvgIpc) is 2.91. The van der Waals surface area contributed by atoms with Crippen LogP contribution in [-0.2, 0) is 9.47 Å². The predicted molar refractivity (Wildman–Crippen MR) is 130 cm³/mol. The smallest absolute Gasteiger partial charge is 0.274 e. The minimum atomic E-state index is -0.275. The van der Waals surface area contributed by atoms with Gasteiger partial charge in [-0.2, -0.15) is 0 Å². The van der Waals surface area contributed by atoms with E-state index < -0.39 is 0 Å². The number of hydrogen-bond donors (Lipinski definition) is 1. The van der Waals surface area contributed by atoms with Gasteiger partial charge in [0.1, 0.15) is 30.2 Å². The van der Waals surface area contributed by atoms with Crippen LogP contribution >= 0.6 is 0 Å². The molecule has 3 heterocycles. The molecule has 1 aromatic heterocycles. The SMILES string of the molecule is O=C(Nc1ccc(OCCN2CCOCC2)c2ccccc12)c1cc(N2CCOCC2)ncn1. The molecule has 0 radical (unpaired) electrons. The fourth-order valence-corrected chi connectivity index (χ4v) is 4.24. The second-order valence-electron chi connectivity index (χ2n) is 8.27. The van der Waals surface area contributed by atoms with E-state index in [9.17, 15) is 4.79 Å². The van der Waals surface area contributed by atoms with Crippen LogP contribution in [0.2, 0.25) is 0 Å². The quantitative estimate of drug-likeness (QED) is 0.572. The number of nitrogens with zero attached hydrogens (tertiary/aromatic N) is 4. The van der Waals surface area contributed by atoms with Crippen LogP contribution < -0.4 is 15.0 Å². The molecular formula is C25H29N5O4. The van der Waals surface area contributed by atoms with Crippen LogP contribution in [0.15, 0.2) is 48.8 Å². The van der Waals surface area contributed by atoms with E-state index >= 15 is 0 Å². The Hall–Kier alpha value is -3.27. The number of ether oxygens (including phenoxy) is 3. The highest BCUT2D eigenvalue weighted by Crippen LogP contribution is 2.32. The second-order valence-corrected chi connectivity index (χ2v) is 8.27. The van der Waals surface area contributed by atoms with Gasteiger partial charge in [-0.1, -0.05) is 24.3 Å². The van der Waals surface area contributed by atoms with Gasteiger partial charge in [-0.3, -0.25) is 9.69 Å². The van der Waals surface area contributed by atoms with Gasteiger partial charge in [0, 0.05) is 55.2 Å². The number of fused-ring (bicyclic) bond motifs is 1. The van der Waals surface area contributed by atoms with E-state index in [2.05, 4.69) is 25.1 Å². The van der Waals surface area contributed by atoms with Gasteiger partial charge < -0.3 is 24.4 Å². The highest BCUT2D eigenvalue weighted by atomic mass is 16.5. The topological polar surface area (TPSA) is 89.0 Å². The van der Waals surface area contributed by atoms with Crippen LogP contribution in [0.25, 0.3) is 10.8 Å². The molecule has 2 aromatic carbocycles. The Labute approximate surface area is 198 Å². The summed E-state index contributed by atoms with van der Waals surface area (Å²) in [5.41, 5.74) is 1.04. The lowest BCUT2D eigenvalue weighted by Gasteiger charge is -2.27. The summed E-state index contributed by atoms with van der Waals surface area (Å²) < 4.78 is 16.9. The van der Waals surface area contributed by atoms with Gasteiger partial charge in [-0.05, 0) is 12.1 Å². The van der Waals surface area contributed by atoms with Crippen LogP contribution in [-0.4, -0.2) is 86.5 Å². The predicted octanol–water partition coefficient (Wildman–Crippen LogP) is 2.43. The first-order valence-electron chi connectivity index (χ1n) is 11.7. The molecule has 0 saturated carbocycles. The molecule has 0 spiro atoms. The third kappa shape index (κ3) is 5.27. The van der Waals surface area contributed by atoms with E-state index in [0.29, 0.717) is 31.2 Å². The van der Waals surface area contributed by atoms with Gasteiger partial charge in [0.15, 0.2) is 0 Å². The zero-order chi connectivity index (χ0) is 23.2. The number of benzene rings is 2. The van der Waals surface area contributed by atoms with Crippen molar-refractivity contribution in [1.82, 2.24) is 14.9 Å². The van der Waals surface area contributed by atoms with Crippen molar-refractivity contribution in [1.29, 1.82) is 0 Å². The van der Waals surface area contributed by atoms with E-state index in [4.69, 9.17) is 14.2 Å². The van der Waals surface area contributed by atoms with Crippen molar-refractivity contribution >= 4 is 28.2 Å². The molecular weight excluding hydrogens is 434 g/mol. The molecule has 3 aromatic rings. The van der Waals surface area contributed by atoms with Crippen molar-refractivity contribution in [2.75, 3.05) is 76.0 Å². The minimum absolute atomic E-state index is 0.275. The van der Waals surface area contributed by atoms with E-state index in [1.165, 1.54) is 6.33 Å². The van der Waals surface area contributed by atoms with E-state index in [1.54, 1.807) is 6.07 Å². The Balaban J connectivity index is 1.29. The average molecular weight is 464 g/mol. The molecule has 2 aliphatic heterocycles. The summed E-state index contributed by atoms with van der Waals surface area (Å²) in [5.74, 6) is 1.26. The number of hydrogen-bond acceptors (Lipinski definition) is 8. The van der Waals surface area contributed by atoms with Crippen LogP contribution in [0.5, 0.6) is 5.75 Å². The molecule has 178 valence electrons. The van der Waals surface area contributed by atoms with E-state index in [-0.39, 0.29) is 5.91 Å². The summed E-state index contributed by atoms with van der Waals surface area (Å²) in [6, 6.07) is 13.4. The van der Waals surface area contributed by atoms with Crippen molar-refractivity contribution in [3.63, 3.8) is 0 Å². The molecule has 5 rings (SSSR count). The largest absolute Gasteiger partial charge is 0.492 e. The zero-order valence-corrected chi connectivity index (χ0v) is 19.1. The number of carbonyl (C=O) groups is 1. The van der Waals surface area contributed by atoms with Gasteiger partial charge in [-0.15, -0.1) is 0 Å². The Morgan fingerprint density at radius 1 is 0.941 bits per heavy atom. The maximum Gasteiger partial charge on any atom is 0.274 e. The molecule has 2 saturated heterocycles. The first kappa shape index (κ1) is 22.5. The first-order chi connectivity index (χ1) is 16.8. The Bertz CT molecular complexity index is 1130. The van der Waals surface area contributed by atoms with E-state index in [1.807, 2.05) is 36.4 Å². The summed E-state index contributed by atoms with van der Waals surface area (Å²) in [5, 5.41) is 4.89. The molecule has 2 aliphatic rings. The van der Waals surface area contributed by atoms with Gasteiger partial charge in [-0.25, -0.2) is 9.97 Å². The molecule has 0 aliphatic carbocycles. The number of carbonyl (C=O) groups excluding carboxylic acids is 1. The Morgan fingerprint density at radius 2 is 1.68 bits per heavy atom. The molecule has 0 unspecified atom stereocenters. The summed E-state index contributed by atoms with van der Waals surface area (Å²) in [6.45, 7) is 7.67. The zero-order valence-electron chi connectivity index (χ0n) is 19.1. The van der Waals surface area contributed by atoms with Gasteiger partial charge in [0.2, 0.25) is 0 Å². The number of amides is 1. The summed E-state index contributed by atoms with van der Waals surface area (Å²) in [4.78, 5) is 26.0. The third-order valence-electron chi connectivity index (χ3n) is 6.12. The fourth-order valence-electron chi connectivity index (χ4n) is 4.24. The summed E-state index contributed by atoms with van der Waals surface area (Å²) in [7, 11) is 0. The lowest BCUT2D eigenvalue weighted by Crippen LogP contribution is -2.38. The molecule has 9 nitrogen and oxygen atoms in total. The maximum atomic E-state index is 13.0. The van der Waals surface area contributed by atoms with E-state index in [0.717, 1.165) is 68.3 Å². The number of anilines is 2. The monoisotopic (exact) mass is 463 g/mol. The number of morpholine rings is 2. The molecule has 0 bridgehead atoms. The van der Waals surface area contributed by atoms with Crippen molar-refractivity contribution in [3.05, 3.63) is 54.5 Å². The lowest BCUT2D eigenvalue weighted by molar-refractivity contribution is 0.0323. The number of aromatic nitrogens is 2. The molecule has 2 fully saturated rings. The normalized spacial score (nSPS) is 17.0. The fraction of sp³-hybridized carbons (Fsp3) is 0.400. The second kappa shape index (κ2) is 10.8. The number of nitrogens with one attached hydrogen (secondary N) is 1. The van der Waals surface area contributed by atoms with Gasteiger partial charge in [0.25, 0.3) is 5.91 Å². The Kier molecular flexibility index (Phi) is 7.13. The first-order valence-corrected chi connectivity index (χ1v) is 11.7. The van der Waals surface area contributed by atoms with Crippen LogP contribution in [0, 0.1) is 0 Å². The number of rotatable bonds is 7. The molecule has 0 atom stereocenters.